The van der Waals surface area contributed by atoms with Crippen molar-refractivity contribution in [2.45, 2.75) is 65.3 Å². The molecule has 0 aliphatic heterocycles. The molecule has 4 heteroatoms. The largest absolute Gasteiger partial charge is 0.366 e. The third-order valence-corrected chi connectivity index (χ3v) is 8.81. The monoisotopic (exact) mass is 327 g/mol. The summed E-state index contributed by atoms with van der Waals surface area (Å²) in [7, 11) is 0. The Hall–Kier alpha value is -1.16. The van der Waals surface area contributed by atoms with Crippen molar-refractivity contribution < 1.29 is 0 Å². The van der Waals surface area contributed by atoms with Crippen molar-refractivity contribution in [3.05, 3.63) is 16.8 Å². The number of fused-ring (bicyclic) bond motifs is 5. The van der Waals surface area contributed by atoms with Gasteiger partial charge in [0.2, 0.25) is 0 Å². The number of aryl methyl sites for hydroxylation is 2. The normalized spacial score (nSPS) is 34.2. The van der Waals surface area contributed by atoms with E-state index in [0.29, 0.717) is 16.9 Å². The highest BCUT2D eigenvalue weighted by molar-refractivity contribution is 7.19. The van der Waals surface area contributed by atoms with Crippen molar-refractivity contribution in [2.24, 2.45) is 16.7 Å². The SMILES string of the molecule is CC1(C)C2CCC1(C)C(Nc1ncnc3sc4c(c13)CCC4)C2. The lowest BCUT2D eigenvalue weighted by Crippen LogP contribution is -2.40. The highest BCUT2D eigenvalue weighted by Crippen LogP contribution is 2.66. The molecule has 2 bridgehead atoms. The molecule has 2 saturated carbocycles. The molecular formula is C19H25N3S. The van der Waals surface area contributed by atoms with Crippen LogP contribution in [0.4, 0.5) is 5.82 Å². The van der Waals surface area contributed by atoms with E-state index in [0.717, 1.165) is 11.7 Å². The van der Waals surface area contributed by atoms with E-state index >= 15 is 0 Å². The molecule has 3 aliphatic carbocycles. The van der Waals surface area contributed by atoms with Gasteiger partial charge in [-0.05, 0) is 60.8 Å². The highest BCUT2D eigenvalue weighted by Gasteiger charge is 2.61. The lowest BCUT2D eigenvalue weighted by atomic mass is 9.69. The Morgan fingerprint density at radius 2 is 2.09 bits per heavy atom. The van der Waals surface area contributed by atoms with Gasteiger partial charge in [0, 0.05) is 10.9 Å². The van der Waals surface area contributed by atoms with Gasteiger partial charge in [-0.2, -0.15) is 0 Å². The van der Waals surface area contributed by atoms with Crippen molar-refractivity contribution in [1.82, 2.24) is 9.97 Å². The van der Waals surface area contributed by atoms with Crippen molar-refractivity contribution in [3.8, 4) is 0 Å². The Kier molecular flexibility index (Phi) is 2.76. The van der Waals surface area contributed by atoms with Crippen LogP contribution in [0, 0.1) is 16.7 Å². The first-order valence-corrected chi connectivity index (χ1v) is 9.84. The molecule has 5 rings (SSSR count). The topological polar surface area (TPSA) is 37.8 Å². The number of rotatable bonds is 2. The number of aromatic nitrogens is 2. The van der Waals surface area contributed by atoms with Crippen molar-refractivity contribution >= 4 is 27.4 Å². The fourth-order valence-electron chi connectivity index (χ4n) is 5.63. The molecule has 0 radical (unpaired) electrons. The molecule has 2 aromatic heterocycles. The van der Waals surface area contributed by atoms with Gasteiger partial charge in [-0.1, -0.05) is 20.8 Å². The number of hydrogen-bond donors (Lipinski definition) is 1. The van der Waals surface area contributed by atoms with E-state index in [1.165, 1.54) is 54.3 Å². The lowest BCUT2D eigenvalue weighted by Gasteiger charge is -2.39. The molecule has 3 unspecified atom stereocenters. The molecule has 3 aliphatic rings. The van der Waals surface area contributed by atoms with Gasteiger partial charge in [-0.3, -0.25) is 0 Å². The first kappa shape index (κ1) is 14.2. The van der Waals surface area contributed by atoms with Gasteiger partial charge in [0.25, 0.3) is 0 Å². The minimum atomic E-state index is 0.383. The molecule has 2 heterocycles. The van der Waals surface area contributed by atoms with Gasteiger partial charge in [0.05, 0.1) is 5.39 Å². The average Bonchev–Trinajstić information content (AvgIpc) is 3.18. The molecule has 122 valence electrons. The van der Waals surface area contributed by atoms with Gasteiger partial charge >= 0.3 is 0 Å². The van der Waals surface area contributed by atoms with Gasteiger partial charge in [0.1, 0.15) is 17.0 Å². The van der Waals surface area contributed by atoms with Gasteiger partial charge in [0.15, 0.2) is 0 Å². The van der Waals surface area contributed by atoms with Crippen LogP contribution in [0.3, 0.4) is 0 Å². The Morgan fingerprint density at radius 3 is 2.83 bits per heavy atom. The Bertz CT molecular complexity index is 793. The number of nitrogens with one attached hydrogen (secondary N) is 1. The van der Waals surface area contributed by atoms with E-state index in [1.54, 1.807) is 11.2 Å². The van der Waals surface area contributed by atoms with E-state index in [9.17, 15) is 0 Å². The van der Waals surface area contributed by atoms with Crippen LogP contribution in [0.25, 0.3) is 10.2 Å². The quantitative estimate of drug-likeness (QED) is 0.860. The van der Waals surface area contributed by atoms with E-state index in [2.05, 4.69) is 36.1 Å². The maximum absolute atomic E-state index is 4.67. The van der Waals surface area contributed by atoms with E-state index in [4.69, 9.17) is 0 Å². The van der Waals surface area contributed by atoms with E-state index < -0.39 is 0 Å². The summed E-state index contributed by atoms with van der Waals surface area (Å²) in [5.74, 6) is 1.96. The second-order valence-electron chi connectivity index (χ2n) is 8.57. The van der Waals surface area contributed by atoms with Crippen LogP contribution in [0.2, 0.25) is 0 Å². The van der Waals surface area contributed by atoms with Crippen LogP contribution in [-0.2, 0) is 12.8 Å². The Balaban J connectivity index is 1.56. The standard InChI is InChI=1S/C19H25N3S/c1-18(2)11-7-8-19(18,3)14(9-11)22-16-15-12-5-4-6-13(12)23-17(15)21-10-20-16/h10-11,14H,4-9H2,1-3H3,(H,20,21,22). The molecule has 3 nitrogen and oxygen atoms in total. The highest BCUT2D eigenvalue weighted by atomic mass is 32.1. The van der Waals surface area contributed by atoms with Crippen molar-refractivity contribution in [1.29, 1.82) is 0 Å². The molecule has 3 atom stereocenters. The van der Waals surface area contributed by atoms with Crippen LogP contribution in [-0.4, -0.2) is 16.0 Å². The zero-order valence-corrected chi connectivity index (χ0v) is 15.1. The molecule has 0 aromatic carbocycles. The molecule has 0 amide bonds. The van der Waals surface area contributed by atoms with Gasteiger partial charge in [-0.25, -0.2) is 9.97 Å². The minimum absolute atomic E-state index is 0.383. The summed E-state index contributed by atoms with van der Waals surface area (Å²) in [6, 6.07) is 0.548. The summed E-state index contributed by atoms with van der Waals surface area (Å²) in [5, 5.41) is 5.21. The summed E-state index contributed by atoms with van der Waals surface area (Å²) in [5.41, 5.74) is 2.35. The number of hydrogen-bond acceptors (Lipinski definition) is 4. The van der Waals surface area contributed by atoms with Crippen molar-refractivity contribution in [2.75, 3.05) is 5.32 Å². The first-order valence-electron chi connectivity index (χ1n) is 9.02. The smallest absolute Gasteiger partial charge is 0.138 e. The van der Waals surface area contributed by atoms with Crippen LogP contribution >= 0.6 is 11.3 Å². The third-order valence-electron chi connectivity index (χ3n) is 7.61. The summed E-state index contributed by atoms with van der Waals surface area (Å²) in [6.07, 6.45) is 9.51. The van der Waals surface area contributed by atoms with Crippen LogP contribution in [0.1, 0.15) is 56.9 Å². The van der Waals surface area contributed by atoms with Gasteiger partial charge in [-0.15, -0.1) is 11.3 Å². The van der Waals surface area contributed by atoms with Gasteiger partial charge < -0.3 is 5.32 Å². The molecule has 0 spiro atoms. The zero-order valence-electron chi connectivity index (χ0n) is 14.3. The maximum atomic E-state index is 4.67. The molecule has 2 aromatic rings. The Labute approximate surface area is 141 Å². The van der Waals surface area contributed by atoms with Crippen molar-refractivity contribution in [3.63, 3.8) is 0 Å². The molecule has 2 fully saturated rings. The summed E-state index contributed by atoms with van der Waals surface area (Å²) < 4.78 is 0. The first-order chi connectivity index (χ1) is 11.0. The minimum Gasteiger partial charge on any atom is -0.366 e. The fraction of sp³-hybridized carbons (Fsp3) is 0.684. The second kappa shape index (κ2) is 4.47. The maximum Gasteiger partial charge on any atom is 0.138 e. The summed E-state index contributed by atoms with van der Waals surface area (Å²) in [6.45, 7) is 7.45. The molecular weight excluding hydrogens is 302 g/mol. The predicted molar refractivity (Wildman–Crippen MR) is 96.1 cm³/mol. The zero-order chi connectivity index (χ0) is 15.8. The van der Waals surface area contributed by atoms with Crippen LogP contribution in [0.15, 0.2) is 6.33 Å². The van der Waals surface area contributed by atoms with E-state index in [1.807, 2.05) is 11.3 Å². The molecule has 0 saturated heterocycles. The molecule has 1 N–H and O–H groups in total. The lowest BCUT2D eigenvalue weighted by molar-refractivity contribution is 0.142. The number of thiophene rings is 1. The molecule has 23 heavy (non-hydrogen) atoms. The number of anilines is 1. The summed E-state index contributed by atoms with van der Waals surface area (Å²) >= 11 is 1.88. The predicted octanol–water partition coefficient (Wildman–Crippen LogP) is 4.81. The average molecular weight is 327 g/mol. The third kappa shape index (κ3) is 1.71. The Morgan fingerprint density at radius 1 is 1.22 bits per heavy atom. The summed E-state index contributed by atoms with van der Waals surface area (Å²) in [4.78, 5) is 11.9. The van der Waals surface area contributed by atoms with E-state index in [-0.39, 0.29) is 0 Å². The fourth-order valence-corrected chi connectivity index (χ4v) is 6.85. The van der Waals surface area contributed by atoms with Crippen LogP contribution < -0.4 is 5.32 Å². The van der Waals surface area contributed by atoms with Crippen LogP contribution in [0.5, 0.6) is 0 Å². The number of nitrogens with zero attached hydrogens (tertiary/aromatic N) is 2. The second-order valence-corrected chi connectivity index (χ2v) is 9.65.